The monoisotopic (exact) mass is 768 g/mol. The van der Waals surface area contributed by atoms with E-state index in [1.54, 1.807) is 12.3 Å². The van der Waals surface area contributed by atoms with Gasteiger partial charge in [0.25, 0.3) is 8.32 Å². The Labute approximate surface area is 326 Å². The van der Waals surface area contributed by atoms with Crippen molar-refractivity contribution in [1.29, 1.82) is 0 Å². The summed E-state index contributed by atoms with van der Waals surface area (Å²) in [4.78, 5) is 4.72. The molecule has 1 aliphatic heterocycles. The van der Waals surface area contributed by atoms with Crippen molar-refractivity contribution in [2.45, 2.75) is 117 Å². The number of nitrogens with zero attached hydrogens (tertiary/aromatic N) is 2. The Kier molecular flexibility index (Phi) is 10.9. The number of alkyl halides is 3. The maximum atomic E-state index is 14.7. The molecule has 55 heavy (non-hydrogen) atoms. The van der Waals surface area contributed by atoms with Crippen LogP contribution < -0.4 is 15.8 Å². The smallest absolute Gasteiger partial charge is 0.407 e. The summed E-state index contributed by atoms with van der Waals surface area (Å²) in [5.74, 6) is -0.0202. The summed E-state index contributed by atoms with van der Waals surface area (Å²) in [6.45, 7) is 22.4. The van der Waals surface area contributed by atoms with Crippen LogP contribution in [-0.4, -0.2) is 49.0 Å². The van der Waals surface area contributed by atoms with Gasteiger partial charge in [-0.2, -0.15) is 13.2 Å². The zero-order valence-corrected chi connectivity index (χ0v) is 35.3. The first kappa shape index (κ1) is 41.0. The first-order valence-electron chi connectivity index (χ1n) is 19.3. The van der Waals surface area contributed by atoms with Gasteiger partial charge in [-0.15, -0.1) is 0 Å². The highest BCUT2D eigenvalue weighted by molar-refractivity contribution is 6.99. The number of hydrogen-bond acceptors (Lipinski definition) is 4. The molecule has 0 saturated carbocycles. The Bertz CT molecular complexity index is 2070. The first-order chi connectivity index (χ1) is 25.6. The first-order valence-corrected chi connectivity index (χ1v) is 21.3. The van der Waals surface area contributed by atoms with Gasteiger partial charge in [-0.3, -0.25) is 4.98 Å². The number of benzene rings is 3. The second-order valence-electron chi connectivity index (χ2n) is 18.3. The molecule has 6 rings (SSSR count). The molecule has 2 aromatic heterocycles. The lowest BCUT2D eigenvalue weighted by atomic mass is 9.77. The minimum atomic E-state index is -4.47. The van der Waals surface area contributed by atoms with Gasteiger partial charge in [0, 0.05) is 29.3 Å². The number of hydrogen-bond donors (Lipinski definition) is 0. The predicted molar refractivity (Wildman–Crippen MR) is 222 cm³/mol. The van der Waals surface area contributed by atoms with Crippen LogP contribution in [0.5, 0.6) is 0 Å². The van der Waals surface area contributed by atoms with Gasteiger partial charge in [0.15, 0.2) is 0 Å². The molecule has 5 aromatic rings. The second kappa shape index (κ2) is 14.7. The molecular weight excluding hydrogens is 712 g/mol. The predicted octanol–water partition coefficient (Wildman–Crippen LogP) is 9.83. The standard InChI is InChI=1S/C45H56BF3N2O3Si/c1-31(2)39-35(23-18-26-50-39)40-37(36-27-32(46-53-43(8,9)44(10,11)54-46)24-25-38(36)51(40)29-45(47,48)49)28-42(6,7)30-52-55(41(3,4)5,33-19-14-12-15-20-33)34-21-16-13-17-22-34/h12-27,31H,28-30H2,1-11H3. The SMILES string of the molecule is CC(C)c1ncccc1-c1c(CC(C)(C)CO[Si](c2ccccc2)(c2ccccc2)C(C)(C)C)c2cc(B3OC(C)(C)C(C)(C)O3)ccc2n1CC(F)(F)F. The van der Waals surface area contributed by atoms with Crippen molar-refractivity contribution in [3.05, 3.63) is 108 Å². The fourth-order valence-corrected chi connectivity index (χ4v) is 12.8. The Hall–Kier alpha value is -3.70. The molecule has 1 fully saturated rings. The second-order valence-corrected chi connectivity index (χ2v) is 22.6. The molecule has 0 N–H and O–H groups in total. The molecule has 0 aliphatic carbocycles. The van der Waals surface area contributed by atoms with Crippen molar-refractivity contribution < 1.29 is 26.9 Å². The van der Waals surface area contributed by atoms with E-state index < -0.39 is 44.8 Å². The molecule has 1 aliphatic rings. The summed E-state index contributed by atoms with van der Waals surface area (Å²) in [6.07, 6.45) is -2.31. The number of halogens is 3. The molecule has 5 nitrogen and oxygen atoms in total. The van der Waals surface area contributed by atoms with E-state index in [4.69, 9.17) is 18.7 Å². The highest BCUT2D eigenvalue weighted by Gasteiger charge is 2.53. The van der Waals surface area contributed by atoms with Crippen LogP contribution in [0.2, 0.25) is 5.04 Å². The topological polar surface area (TPSA) is 45.5 Å². The molecule has 3 aromatic carbocycles. The maximum absolute atomic E-state index is 14.7. The van der Waals surface area contributed by atoms with Gasteiger partial charge in [0.05, 0.1) is 22.6 Å². The van der Waals surface area contributed by atoms with Gasteiger partial charge in [-0.1, -0.05) is 121 Å². The fraction of sp³-hybridized carbons (Fsp3) is 0.444. The van der Waals surface area contributed by atoms with Gasteiger partial charge in [0.2, 0.25) is 0 Å². The largest absolute Gasteiger partial charge is 0.494 e. The summed E-state index contributed by atoms with van der Waals surface area (Å²) in [6, 6.07) is 30.4. The minimum Gasteiger partial charge on any atom is -0.407 e. The van der Waals surface area contributed by atoms with Crippen LogP contribution in [0.1, 0.15) is 93.3 Å². The molecule has 0 spiro atoms. The van der Waals surface area contributed by atoms with Crippen LogP contribution >= 0.6 is 0 Å². The van der Waals surface area contributed by atoms with E-state index in [2.05, 4.69) is 83.1 Å². The van der Waals surface area contributed by atoms with E-state index in [9.17, 15) is 13.2 Å². The molecule has 3 heterocycles. The van der Waals surface area contributed by atoms with Crippen molar-refractivity contribution in [2.24, 2.45) is 5.41 Å². The summed E-state index contributed by atoms with van der Waals surface area (Å²) in [5, 5.41) is 2.86. The van der Waals surface area contributed by atoms with Crippen molar-refractivity contribution >= 4 is 42.2 Å². The van der Waals surface area contributed by atoms with Crippen LogP contribution in [0.4, 0.5) is 13.2 Å². The average Bonchev–Trinajstić information content (AvgIpc) is 3.50. The van der Waals surface area contributed by atoms with Crippen LogP contribution in [0.25, 0.3) is 22.2 Å². The Morgan fingerprint density at radius 3 is 1.87 bits per heavy atom. The van der Waals surface area contributed by atoms with E-state index >= 15 is 0 Å². The number of rotatable bonds is 11. The third-order valence-electron chi connectivity index (χ3n) is 11.4. The third kappa shape index (κ3) is 7.98. The molecule has 10 heteroatoms. The van der Waals surface area contributed by atoms with Crippen LogP contribution in [0, 0.1) is 5.41 Å². The number of aromatic nitrogens is 2. The number of fused-ring (bicyclic) bond motifs is 1. The molecule has 1 saturated heterocycles. The van der Waals surface area contributed by atoms with E-state index in [1.807, 2.05) is 77.9 Å². The van der Waals surface area contributed by atoms with Crippen molar-refractivity contribution in [1.82, 2.24) is 9.55 Å². The summed E-state index contributed by atoms with van der Waals surface area (Å²) < 4.78 is 65.8. The lowest BCUT2D eigenvalue weighted by Gasteiger charge is -2.44. The summed E-state index contributed by atoms with van der Waals surface area (Å²) >= 11 is 0. The molecule has 0 unspecified atom stereocenters. The van der Waals surface area contributed by atoms with E-state index in [0.29, 0.717) is 29.8 Å². The molecule has 0 amide bonds. The van der Waals surface area contributed by atoms with Crippen LogP contribution in [0.3, 0.4) is 0 Å². The van der Waals surface area contributed by atoms with Gasteiger partial charge < -0.3 is 18.3 Å². The van der Waals surface area contributed by atoms with E-state index in [1.165, 1.54) is 14.9 Å². The summed E-state index contributed by atoms with van der Waals surface area (Å²) in [7, 11) is -3.58. The highest BCUT2D eigenvalue weighted by atomic mass is 28.4. The van der Waals surface area contributed by atoms with Gasteiger partial charge >= 0.3 is 13.3 Å². The molecule has 0 atom stereocenters. The molecule has 0 bridgehead atoms. The zero-order valence-electron chi connectivity index (χ0n) is 34.3. The Balaban J connectivity index is 1.54. The van der Waals surface area contributed by atoms with Crippen molar-refractivity contribution in [2.75, 3.05) is 6.61 Å². The van der Waals surface area contributed by atoms with E-state index in [0.717, 1.165) is 22.1 Å². The summed E-state index contributed by atoms with van der Waals surface area (Å²) in [5.41, 5.74) is 2.41. The lowest BCUT2D eigenvalue weighted by molar-refractivity contribution is -0.139. The lowest BCUT2D eigenvalue weighted by Crippen LogP contribution is -2.67. The quantitative estimate of drug-likeness (QED) is 0.126. The third-order valence-corrected chi connectivity index (χ3v) is 16.4. The maximum Gasteiger partial charge on any atom is 0.494 e. The average molecular weight is 769 g/mol. The van der Waals surface area contributed by atoms with E-state index in [-0.39, 0.29) is 11.0 Å². The Morgan fingerprint density at radius 2 is 1.36 bits per heavy atom. The van der Waals surface area contributed by atoms with Gasteiger partial charge in [0.1, 0.15) is 6.54 Å². The van der Waals surface area contributed by atoms with Crippen molar-refractivity contribution in [3.8, 4) is 11.3 Å². The van der Waals surface area contributed by atoms with Crippen molar-refractivity contribution in [3.63, 3.8) is 0 Å². The fourth-order valence-electron chi connectivity index (χ4n) is 8.07. The molecule has 0 radical (unpaired) electrons. The van der Waals surface area contributed by atoms with Crippen LogP contribution in [0.15, 0.2) is 97.2 Å². The van der Waals surface area contributed by atoms with Crippen LogP contribution in [-0.2, 0) is 26.7 Å². The van der Waals surface area contributed by atoms with Gasteiger partial charge in [-0.05, 0) is 90.1 Å². The number of pyridine rings is 1. The normalized spacial score (nSPS) is 16.4. The van der Waals surface area contributed by atoms with Gasteiger partial charge in [-0.25, -0.2) is 0 Å². The zero-order chi connectivity index (χ0) is 40.2. The molecule has 292 valence electrons. The minimum absolute atomic E-state index is 0.0202. The molecular formula is C45H56BF3N2O3Si. The Morgan fingerprint density at radius 1 is 0.800 bits per heavy atom. The highest BCUT2D eigenvalue weighted by Crippen LogP contribution is 2.44.